The molecule has 0 aliphatic rings. The first-order chi connectivity index (χ1) is 10.7. The zero-order valence-corrected chi connectivity index (χ0v) is 12.5. The summed E-state index contributed by atoms with van der Waals surface area (Å²) in [5, 5.41) is 0. The van der Waals surface area contributed by atoms with Crippen molar-refractivity contribution in [2.24, 2.45) is 0 Å². The molecule has 0 saturated carbocycles. The molecule has 114 valence electrons. The van der Waals surface area contributed by atoms with Crippen LogP contribution in [0.15, 0.2) is 42.5 Å². The summed E-state index contributed by atoms with van der Waals surface area (Å²) in [4.78, 5) is 11.8. The lowest BCUT2D eigenvalue weighted by atomic mass is 10.1. The maximum absolute atomic E-state index is 13.6. The molecule has 0 saturated heterocycles. The average molecular weight is 300 g/mol. The summed E-state index contributed by atoms with van der Waals surface area (Å²) in [5.41, 5.74) is 1.57. The Labute approximate surface area is 129 Å². The first kappa shape index (κ1) is 15.8. The minimum Gasteiger partial charge on any atom is -0.496 e. The topological polar surface area (TPSA) is 35.5 Å². The number of benzene rings is 2. The lowest BCUT2D eigenvalue weighted by molar-refractivity contribution is 0.0526. The summed E-state index contributed by atoms with van der Waals surface area (Å²) in [6, 6.07) is 11.4. The van der Waals surface area contributed by atoms with Crippen LogP contribution in [-0.2, 0) is 4.74 Å². The molecule has 0 unspecified atom stereocenters. The van der Waals surface area contributed by atoms with E-state index in [1.165, 1.54) is 6.07 Å². The summed E-state index contributed by atoms with van der Waals surface area (Å²) in [5.74, 6) is -0.106. The van der Waals surface area contributed by atoms with Gasteiger partial charge in [0.1, 0.15) is 11.6 Å². The van der Waals surface area contributed by atoms with Crippen LogP contribution < -0.4 is 4.74 Å². The van der Waals surface area contributed by atoms with E-state index in [9.17, 15) is 9.18 Å². The first-order valence-electron chi connectivity index (χ1n) is 6.93. The molecule has 0 spiro atoms. The number of ether oxygens (including phenoxy) is 2. The fraction of sp³-hybridized carbons (Fsp3) is 0.167. The summed E-state index contributed by atoms with van der Waals surface area (Å²) < 4.78 is 23.9. The number of rotatable bonds is 5. The summed E-state index contributed by atoms with van der Waals surface area (Å²) in [7, 11) is 1.54. The Balaban J connectivity index is 2.34. The zero-order valence-electron chi connectivity index (χ0n) is 12.5. The van der Waals surface area contributed by atoms with E-state index in [0.717, 1.165) is 0 Å². The van der Waals surface area contributed by atoms with Crippen molar-refractivity contribution >= 4 is 18.1 Å². The van der Waals surface area contributed by atoms with Gasteiger partial charge in [-0.25, -0.2) is 9.18 Å². The third kappa shape index (κ3) is 3.73. The fourth-order valence-corrected chi connectivity index (χ4v) is 2.00. The van der Waals surface area contributed by atoms with Crippen LogP contribution in [0.1, 0.15) is 28.4 Å². The Morgan fingerprint density at radius 1 is 1.14 bits per heavy atom. The van der Waals surface area contributed by atoms with Crippen LogP contribution in [0.3, 0.4) is 0 Å². The van der Waals surface area contributed by atoms with Crippen molar-refractivity contribution in [1.29, 1.82) is 0 Å². The predicted molar refractivity (Wildman–Crippen MR) is 84.3 cm³/mol. The molecule has 0 bridgehead atoms. The van der Waals surface area contributed by atoms with Gasteiger partial charge in [0.25, 0.3) is 0 Å². The van der Waals surface area contributed by atoms with Gasteiger partial charge in [-0.3, -0.25) is 0 Å². The van der Waals surface area contributed by atoms with Crippen LogP contribution in [0, 0.1) is 5.82 Å². The normalized spacial score (nSPS) is 10.7. The Bertz CT molecular complexity index is 692. The monoisotopic (exact) mass is 300 g/mol. The second-order valence-corrected chi connectivity index (χ2v) is 4.53. The van der Waals surface area contributed by atoms with E-state index in [2.05, 4.69) is 0 Å². The minimum absolute atomic E-state index is 0.306. The lowest BCUT2D eigenvalue weighted by Crippen LogP contribution is -2.05. The fourth-order valence-electron chi connectivity index (χ4n) is 2.00. The van der Waals surface area contributed by atoms with Gasteiger partial charge in [0.05, 0.1) is 19.3 Å². The molecule has 4 heteroatoms. The molecule has 0 aliphatic heterocycles. The molecule has 3 nitrogen and oxygen atoms in total. The Morgan fingerprint density at radius 2 is 1.86 bits per heavy atom. The van der Waals surface area contributed by atoms with Crippen molar-refractivity contribution in [1.82, 2.24) is 0 Å². The van der Waals surface area contributed by atoms with Crippen LogP contribution in [0.4, 0.5) is 4.39 Å². The number of esters is 1. The molecule has 0 amide bonds. The molecule has 0 N–H and O–H groups in total. The molecule has 2 aromatic rings. The second kappa shape index (κ2) is 7.41. The highest BCUT2D eigenvalue weighted by Gasteiger charge is 2.09. The van der Waals surface area contributed by atoms with Crippen LogP contribution in [0.25, 0.3) is 12.2 Å². The van der Waals surface area contributed by atoms with Crippen molar-refractivity contribution in [2.75, 3.05) is 13.7 Å². The van der Waals surface area contributed by atoms with E-state index in [0.29, 0.717) is 29.0 Å². The molecule has 22 heavy (non-hydrogen) atoms. The van der Waals surface area contributed by atoms with Gasteiger partial charge in [-0.1, -0.05) is 30.4 Å². The van der Waals surface area contributed by atoms with Gasteiger partial charge in [-0.2, -0.15) is 0 Å². The average Bonchev–Trinajstić information content (AvgIpc) is 2.54. The number of carbonyl (C=O) groups is 1. The third-order valence-electron chi connectivity index (χ3n) is 3.09. The molecular weight excluding hydrogens is 283 g/mol. The SMILES string of the molecule is CCOC(=O)c1ccc(OC)c(C=Cc2ccccc2F)c1. The molecule has 0 radical (unpaired) electrons. The van der Waals surface area contributed by atoms with Crippen LogP contribution >= 0.6 is 0 Å². The Morgan fingerprint density at radius 3 is 2.55 bits per heavy atom. The molecule has 2 aromatic carbocycles. The number of hydrogen-bond acceptors (Lipinski definition) is 3. The smallest absolute Gasteiger partial charge is 0.338 e. The van der Waals surface area contributed by atoms with Gasteiger partial charge in [0.2, 0.25) is 0 Å². The molecule has 0 heterocycles. The largest absolute Gasteiger partial charge is 0.496 e. The van der Waals surface area contributed by atoms with Crippen molar-refractivity contribution in [3.63, 3.8) is 0 Å². The van der Waals surface area contributed by atoms with Gasteiger partial charge in [-0.15, -0.1) is 0 Å². The van der Waals surface area contributed by atoms with Gasteiger partial charge >= 0.3 is 5.97 Å². The Kier molecular flexibility index (Phi) is 5.31. The van der Waals surface area contributed by atoms with Crippen LogP contribution in [0.5, 0.6) is 5.75 Å². The van der Waals surface area contributed by atoms with Crippen molar-refractivity contribution in [2.45, 2.75) is 6.92 Å². The summed E-state index contributed by atoms with van der Waals surface area (Å²) in [6.07, 6.45) is 3.35. The van der Waals surface area contributed by atoms with E-state index in [4.69, 9.17) is 9.47 Å². The summed E-state index contributed by atoms with van der Waals surface area (Å²) >= 11 is 0. The molecule has 0 atom stereocenters. The van der Waals surface area contributed by atoms with Gasteiger partial charge < -0.3 is 9.47 Å². The van der Waals surface area contributed by atoms with Gasteiger partial charge in [-0.05, 0) is 31.2 Å². The first-order valence-corrected chi connectivity index (χ1v) is 6.93. The van der Waals surface area contributed by atoms with Gasteiger partial charge in [0.15, 0.2) is 0 Å². The molecule has 0 aliphatic carbocycles. The predicted octanol–water partition coefficient (Wildman–Crippen LogP) is 4.18. The second-order valence-electron chi connectivity index (χ2n) is 4.53. The van der Waals surface area contributed by atoms with E-state index in [1.807, 2.05) is 0 Å². The highest BCUT2D eigenvalue weighted by Crippen LogP contribution is 2.23. The molecular formula is C18H17FO3. The van der Waals surface area contributed by atoms with Crippen LogP contribution in [-0.4, -0.2) is 19.7 Å². The number of halogens is 1. The van der Waals surface area contributed by atoms with Crippen molar-refractivity contribution in [3.05, 3.63) is 65.0 Å². The maximum Gasteiger partial charge on any atom is 0.338 e. The van der Waals surface area contributed by atoms with E-state index < -0.39 is 5.97 Å². The van der Waals surface area contributed by atoms with Crippen LogP contribution in [0.2, 0.25) is 0 Å². The summed E-state index contributed by atoms with van der Waals surface area (Å²) in [6.45, 7) is 2.06. The quantitative estimate of drug-likeness (QED) is 0.614. The maximum atomic E-state index is 13.6. The van der Waals surface area contributed by atoms with Gasteiger partial charge in [0, 0.05) is 11.1 Å². The standard InChI is InChI=1S/C18H17FO3/c1-3-22-18(20)15-10-11-17(21-2)14(12-15)9-8-13-6-4-5-7-16(13)19/h4-12H,3H2,1-2H3. The lowest BCUT2D eigenvalue weighted by Gasteiger charge is -2.07. The Hall–Kier alpha value is -2.62. The van der Waals surface area contributed by atoms with Crippen molar-refractivity contribution < 1.29 is 18.7 Å². The van der Waals surface area contributed by atoms with E-state index in [1.54, 1.807) is 62.6 Å². The van der Waals surface area contributed by atoms with E-state index >= 15 is 0 Å². The van der Waals surface area contributed by atoms with Crippen molar-refractivity contribution in [3.8, 4) is 5.75 Å². The molecule has 0 fully saturated rings. The number of carbonyl (C=O) groups excluding carboxylic acids is 1. The third-order valence-corrected chi connectivity index (χ3v) is 3.09. The highest BCUT2D eigenvalue weighted by atomic mass is 19.1. The highest BCUT2D eigenvalue weighted by molar-refractivity contribution is 5.91. The number of hydrogen-bond donors (Lipinski definition) is 0. The zero-order chi connectivity index (χ0) is 15.9. The molecule has 0 aromatic heterocycles. The number of methoxy groups -OCH3 is 1. The minimum atomic E-state index is -0.398. The molecule has 2 rings (SSSR count). The van der Waals surface area contributed by atoms with E-state index in [-0.39, 0.29) is 5.82 Å².